The van der Waals surface area contributed by atoms with E-state index < -0.39 is 0 Å². The fraction of sp³-hybridized carbons (Fsp3) is 0.192. The van der Waals surface area contributed by atoms with E-state index in [0.29, 0.717) is 29.0 Å². The zero-order valence-electron chi connectivity index (χ0n) is 18.5. The first-order valence-electron chi connectivity index (χ1n) is 10.7. The highest BCUT2D eigenvalue weighted by Crippen LogP contribution is 2.23. The van der Waals surface area contributed by atoms with Crippen LogP contribution in [-0.4, -0.2) is 27.8 Å². The maximum atomic E-state index is 13.4. The number of halogens is 1. The molecular weight excluding hydrogens is 437 g/mol. The number of hydrogen-bond donors (Lipinski definition) is 1. The average molecular weight is 462 g/mol. The molecule has 0 atom stereocenters. The lowest BCUT2D eigenvalue weighted by atomic mass is 10.1. The number of amides is 1. The Hall–Kier alpha value is -3.45. The van der Waals surface area contributed by atoms with Crippen molar-refractivity contribution in [3.63, 3.8) is 0 Å². The van der Waals surface area contributed by atoms with Gasteiger partial charge >= 0.3 is 0 Å². The zero-order valence-corrected chi connectivity index (χ0v) is 19.3. The van der Waals surface area contributed by atoms with Gasteiger partial charge in [0.25, 0.3) is 5.56 Å². The highest BCUT2D eigenvalue weighted by Gasteiger charge is 2.16. The van der Waals surface area contributed by atoms with Crippen molar-refractivity contribution in [2.45, 2.75) is 25.4 Å². The van der Waals surface area contributed by atoms with Crippen LogP contribution in [0.25, 0.3) is 16.6 Å². The van der Waals surface area contributed by atoms with Gasteiger partial charge in [-0.3, -0.25) is 14.2 Å². The standard InChI is InChI=1S/C26H24FN3O2S/c1-17-7-8-18(2)23(15-17)30-25(32)21-5-3-4-6-22(21)29-26(30)33-16-24(31)28-14-13-19-9-11-20(27)12-10-19/h3-12,15H,13-14,16H2,1-2H3,(H,28,31). The van der Waals surface area contributed by atoms with Crippen molar-refractivity contribution < 1.29 is 9.18 Å². The number of carbonyl (C=O) groups is 1. The van der Waals surface area contributed by atoms with Gasteiger partial charge in [0.1, 0.15) is 5.82 Å². The molecule has 0 aliphatic carbocycles. The molecule has 33 heavy (non-hydrogen) atoms. The number of benzene rings is 3. The monoisotopic (exact) mass is 461 g/mol. The molecule has 0 saturated heterocycles. The molecule has 7 heteroatoms. The van der Waals surface area contributed by atoms with Crippen LogP contribution in [0.1, 0.15) is 16.7 Å². The molecule has 1 amide bonds. The van der Waals surface area contributed by atoms with Crippen molar-refractivity contribution in [2.24, 2.45) is 0 Å². The summed E-state index contributed by atoms with van der Waals surface area (Å²) in [5, 5.41) is 3.89. The van der Waals surface area contributed by atoms with Crippen LogP contribution in [0.5, 0.6) is 0 Å². The van der Waals surface area contributed by atoms with Crippen molar-refractivity contribution in [2.75, 3.05) is 12.3 Å². The summed E-state index contributed by atoms with van der Waals surface area (Å²) < 4.78 is 14.6. The van der Waals surface area contributed by atoms with E-state index in [9.17, 15) is 14.0 Å². The molecule has 168 valence electrons. The Morgan fingerprint density at radius 2 is 1.82 bits per heavy atom. The second kappa shape index (κ2) is 10.0. The Kier molecular flexibility index (Phi) is 6.89. The van der Waals surface area contributed by atoms with Crippen LogP contribution >= 0.6 is 11.8 Å². The predicted octanol–water partition coefficient (Wildman–Crippen LogP) is 4.59. The fourth-order valence-corrected chi connectivity index (χ4v) is 4.40. The molecule has 0 saturated carbocycles. The molecule has 0 spiro atoms. The van der Waals surface area contributed by atoms with Crippen LogP contribution in [0.4, 0.5) is 4.39 Å². The van der Waals surface area contributed by atoms with Crippen LogP contribution in [0.3, 0.4) is 0 Å². The van der Waals surface area contributed by atoms with Crippen LogP contribution in [0.2, 0.25) is 0 Å². The number of fused-ring (bicyclic) bond motifs is 1. The minimum Gasteiger partial charge on any atom is -0.355 e. The molecule has 3 aromatic carbocycles. The van der Waals surface area contributed by atoms with Gasteiger partial charge in [-0.25, -0.2) is 9.37 Å². The Bertz CT molecular complexity index is 1370. The first kappa shape index (κ1) is 22.7. The van der Waals surface area contributed by atoms with Crippen molar-refractivity contribution >= 4 is 28.6 Å². The van der Waals surface area contributed by atoms with E-state index in [1.54, 1.807) is 28.8 Å². The second-order valence-corrected chi connectivity index (χ2v) is 8.80. The first-order chi connectivity index (χ1) is 15.9. The summed E-state index contributed by atoms with van der Waals surface area (Å²) in [6.07, 6.45) is 0.609. The smallest absolute Gasteiger partial charge is 0.266 e. The Morgan fingerprint density at radius 3 is 2.61 bits per heavy atom. The Labute approximate surface area is 195 Å². The van der Waals surface area contributed by atoms with Crippen LogP contribution in [-0.2, 0) is 11.2 Å². The minimum atomic E-state index is -0.281. The van der Waals surface area contributed by atoms with Crippen molar-refractivity contribution in [3.8, 4) is 5.69 Å². The number of hydrogen-bond acceptors (Lipinski definition) is 4. The van der Waals surface area contributed by atoms with Gasteiger partial charge in [0.05, 0.1) is 22.3 Å². The summed E-state index contributed by atoms with van der Waals surface area (Å²) in [5.41, 5.74) is 4.13. The molecule has 0 bridgehead atoms. The third kappa shape index (κ3) is 5.31. The molecule has 1 heterocycles. The van der Waals surface area contributed by atoms with Crippen LogP contribution in [0.15, 0.2) is 76.7 Å². The van der Waals surface area contributed by atoms with Gasteiger partial charge in [0, 0.05) is 6.54 Å². The van der Waals surface area contributed by atoms with E-state index in [0.717, 1.165) is 22.4 Å². The zero-order chi connectivity index (χ0) is 23.4. The van der Waals surface area contributed by atoms with E-state index in [-0.39, 0.29) is 23.0 Å². The van der Waals surface area contributed by atoms with Gasteiger partial charge in [-0.15, -0.1) is 0 Å². The van der Waals surface area contributed by atoms with E-state index in [2.05, 4.69) is 5.32 Å². The molecule has 0 radical (unpaired) electrons. The van der Waals surface area contributed by atoms with Gasteiger partial charge in [0.2, 0.25) is 5.91 Å². The lowest BCUT2D eigenvalue weighted by Gasteiger charge is -2.15. The summed E-state index contributed by atoms with van der Waals surface area (Å²) in [6.45, 7) is 4.37. The number of aryl methyl sites for hydroxylation is 2. The molecule has 4 rings (SSSR count). The van der Waals surface area contributed by atoms with Crippen molar-refractivity contribution in [3.05, 3.63) is 99.6 Å². The van der Waals surface area contributed by atoms with Crippen LogP contribution < -0.4 is 10.9 Å². The van der Waals surface area contributed by atoms with Crippen LogP contribution in [0, 0.1) is 19.7 Å². The summed E-state index contributed by atoms with van der Waals surface area (Å²) in [6, 6.07) is 19.4. The van der Waals surface area contributed by atoms with Crippen molar-refractivity contribution in [1.82, 2.24) is 14.9 Å². The summed E-state index contributed by atoms with van der Waals surface area (Å²) in [7, 11) is 0. The third-order valence-corrected chi connectivity index (χ3v) is 6.27. The maximum Gasteiger partial charge on any atom is 0.266 e. The van der Waals surface area contributed by atoms with Gasteiger partial charge < -0.3 is 5.32 Å². The van der Waals surface area contributed by atoms with Crippen molar-refractivity contribution in [1.29, 1.82) is 0 Å². The molecule has 0 fully saturated rings. The van der Waals surface area contributed by atoms with Gasteiger partial charge in [-0.2, -0.15) is 0 Å². The van der Waals surface area contributed by atoms with E-state index >= 15 is 0 Å². The fourth-order valence-electron chi connectivity index (χ4n) is 3.56. The number of aromatic nitrogens is 2. The topological polar surface area (TPSA) is 64.0 Å². The quantitative estimate of drug-likeness (QED) is 0.323. The SMILES string of the molecule is Cc1ccc(C)c(-n2c(SCC(=O)NCCc3ccc(F)cc3)nc3ccccc3c2=O)c1. The lowest BCUT2D eigenvalue weighted by Crippen LogP contribution is -2.28. The molecule has 4 aromatic rings. The lowest BCUT2D eigenvalue weighted by molar-refractivity contribution is -0.118. The molecular formula is C26H24FN3O2S. The number of rotatable bonds is 7. The first-order valence-corrected chi connectivity index (χ1v) is 11.6. The molecule has 0 aliphatic rings. The van der Waals surface area contributed by atoms with Gasteiger partial charge in [-0.1, -0.05) is 48.2 Å². The van der Waals surface area contributed by atoms with E-state index in [1.165, 1.54) is 23.9 Å². The van der Waals surface area contributed by atoms with Gasteiger partial charge in [0.15, 0.2) is 5.16 Å². The predicted molar refractivity (Wildman–Crippen MR) is 131 cm³/mol. The largest absolute Gasteiger partial charge is 0.355 e. The molecule has 1 N–H and O–H groups in total. The number of carbonyl (C=O) groups excluding carboxylic acids is 1. The molecule has 5 nitrogen and oxygen atoms in total. The molecule has 0 aliphatic heterocycles. The number of nitrogens with zero attached hydrogens (tertiary/aromatic N) is 2. The highest BCUT2D eigenvalue weighted by atomic mass is 32.2. The highest BCUT2D eigenvalue weighted by molar-refractivity contribution is 7.99. The van der Waals surface area contributed by atoms with E-state index in [4.69, 9.17) is 4.98 Å². The third-order valence-electron chi connectivity index (χ3n) is 5.33. The molecule has 1 aromatic heterocycles. The summed E-state index contributed by atoms with van der Waals surface area (Å²) >= 11 is 1.23. The second-order valence-electron chi connectivity index (χ2n) is 7.86. The minimum absolute atomic E-state index is 0.124. The average Bonchev–Trinajstić information content (AvgIpc) is 2.81. The normalized spacial score (nSPS) is 11.0. The maximum absolute atomic E-state index is 13.4. The number of thioether (sulfide) groups is 1. The van der Waals surface area contributed by atoms with E-state index in [1.807, 2.05) is 44.2 Å². The summed E-state index contributed by atoms with van der Waals surface area (Å²) in [4.78, 5) is 30.6. The number of para-hydroxylation sites is 1. The Morgan fingerprint density at radius 1 is 1.06 bits per heavy atom. The Balaban J connectivity index is 1.55. The van der Waals surface area contributed by atoms with Gasteiger partial charge in [-0.05, 0) is 67.3 Å². The summed E-state index contributed by atoms with van der Waals surface area (Å²) in [5.74, 6) is -0.312. The number of nitrogens with one attached hydrogen (secondary N) is 1. The molecule has 0 unspecified atom stereocenters.